The minimum absolute atomic E-state index is 0.0140. The van der Waals surface area contributed by atoms with Gasteiger partial charge in [-0.2, -0.15) is 0 Å². The van der Waals surface area contributed by atoms with E-state index in [9.17, 15) is 9.59 Å². The highest BCUT2D eigenvalue weighted by Crippen LogP contribution is 2.15. The number of rotatable bonds is 7. The molecule has 0 saturated carbocycles. The molecule has 1 N–H and O–H groups in total. The Balaban J connectivity index is 1.48. The first kappa shape index (κ1) is 19.0. The van der Waals surface area contributed by atoms with Crippen LogP contribution in [0.25, 0.3) is 10.8 Å². The Kier molecular flexibility index (Phi) is 6.19. The van der Waals surface area contributed by atoms with Crippen molar-refractivity contribution >= 4 is 33.9 Å². The summed E-state index contributed by atoms with van der Waals surface area (Å²) >= 11 is 1.62. The SMILES string of the molecule is CCc1nc(CN(C)C(=O)CCNC(=O)c2ccc3ccccc3c2)cs1. The Morgan fingerprint density at radius 1 is 1.15 bits per heavy atom. The lowest BCUT2D eigenvalue weighted by atomic mass is 10.1. The molecule has 0 spiro atoms. The van der Waals surface area contributed by atoms with Crippen LogP contribution in [0.2, 0.25) is 0 Å². The van der Waals surface area contributed by atoms with Gasteiger partial charge in [-0.1, -0.05) is 37.3 Å². The monoisotopic (exact) mass is 381 g/mol. The molecule has 3 aromatic rings. The van der Waals surface area contributed by atoms with Crippen LogP contribution in [-0.2, 0) is 17.8 Å². The summed E-state index contributed by atoms with van der Waals surface area (Å²) in [5.74, 6) is -0.178. The molecule has 1 heterocycles. The van der Waals surface area contributed by atoms with E-state index in [1.807, 2.05) is 41.8 Å². The summed E-state index contributed by atoms with van der Waals surface area (Å²) in [6.45, 7) is 2.87. The molecule has 1 aromatic heterocycles. The molecule has 0 aliphatic heterocycles. The highest BCUT2D eigenvalue weighted by Gasteiger charge is 2.12. The first-order valence-corrected chi connectivity index (χ1v) is 9.89. The summed E-state index contributed by atoms with van der Waals surface area (Å²) in [6.07, 6.45) is 1.17. The lowest BCUT2D eigenvalue weighted by molar-refractivity contribution is -0.130. The zero-order chi connectivity index (χ0) is 19.2. The maximum Gasteiger partial charge on any atom is 0.251 e. The standard InChI is InChI=1S/C21H23N3O2S/c1-3-19-23-18(14-27-19)13-24(2)20(25)10-11-22-21(26)17-9-8-15-6-4-5-7-16(15)12-17/h4-9,12,14H,3,10-11,13H2,1-2H3,(H,22,26). The number of nitrogens with one attached hydrogen (secondary N) is 1. The molecular weight excluding hydrogens is 358 g/mol. The molecular formula is C21H23N3O2S. The van der Waals surface area contributed by atoms with Gasteiger partial charge in [-0.15, -0.1) is 11.3 Å². The number of carbonyl (C=O) groups is 2. The fraction of sp³-hybridized carbons (Fsp3) is 0.286. The van der Waals surface area contributed by atoms with Gasteiger partial charge >= 0.3 is 0 Å². The third-order valence-electron chi connectivity index (χ3n) is 4.36. The predicted molar refractivity (Wildman–Crippen MR) is 109 cm³/mol. The van der Waals surface area contributed by atoms with Crippen LogP contribution in [0.1, 0.15) is 34.4 Å². The second-order valence-corrected chi connectivity index (χ2v) is 7.35. The third-order valence-corrected chi connectivity index (χ3v) is 5.40. The van der Waals surface area contributed by atoms with E-state index in [2.05, 4.69) is 17.2 Å². The molecule has 0 fully saturated rings. The summed E-state index contributed by atoms with van der Waals surface area (Å²) < 4.78 is 0. The van der Waals surface area contributed by atoms with Crippen LogP contribution < -0.4 is 5.32 Å². The van der Waals surface area contributed by atoms with Gasteiger partial charge in [-0.25, -0.2) is 4.98 Å². The van der Waals surface area contributed by atoms with Gasteiger partial charge in [-0.05, 0) is 29.3 Å². The van der Waals surface area contributed by atoms with Crippen LogP contribution in [0.5, 0.6) is 0 Å². The largest absolute Gasteiger partial charge is 0.352 e. The Hall–Kier alpha value is -2.73. The summed E-state index contributed by atoms with van der Waals surface area (Å²) in [6, 6.07) is 13.5. The van der Waals surface area contributed by atoms with Gasteiger partial charge in [0, 0.05) is 31.0 Å². The smallest absolute Gasteiger partial charge is 0.251 e. The molecule has 2 amide bonds. The molecule has 5 nitrogen and oxygen atoms in total. The molecule has 0 unspecified atom stereocenters. The maximum absolute atomic E-state index is 12.3. The Bertz CT molecular complexity index is 951. The Morgan fingerprint density at radius 3 is 2.67 bits per heavy atom. The number of benzene rings is 2. The van der Waals surface area contributed by atoms with Crippen molar-refractivity contribution in [1.29, 1.82) is 0 Å². The lowest BCUT2D eigenvalue weighted by Gasteiger charge is -2.16. The first-order valence-electron chi connectivity index (χ1n) is 9.01. The van der Waals surface area contributed by atoms with E-state index in [1.165, 1.54) is 0 Å². The number of hydrogen-bond donors (Lipinski definition) is 1. The van der Waals surface area contributed by atoms with Crippen molar-refractivity contribution in [1.82, 2.24) is 15.2 Å². The van der Waals surface area contributed by atoms with E-state index in [4.69, 9.17) is 0 Å². The number of carbonyl (C=O) groups excluding carboxylic acids is 2. The number of amides is 2. The molecule has 0 saturated heterocycles. The summed E-state index contributed by atoms with van der Waals surface area (Å²) in [7, 11) is 1.76. The van der Waals surface area contributed by atoms with E-state index >= 15 is 0 Å². The minimum Gasteiger partial charge on any atom is -0.352 e. The normalized spacial score (nSPS) is 10.7. The van der Waals surface area contributed by atoms with Gasteiger partial charge in [0.1, 0.15) is 0 Å². The number of aryl methyl sites for hydroxylation is 1. The van der Waals surface area contributed by atoms with Crippen molar-refractivity contribution < 1.29 is 9.59 Å². The van der Waals surface area contributed by atoms with Crippen molar-refractivity contribution in [3.05, 3.63) is 64.1 Å². The van der Waals surface area contributed by atoms with Crippen molar-refractivity contribution in [2.24, 2.45) is 0 Å². The van der Waals surface area contributed by atoms with Crippen LogP contribution in [-0.4, -0.2) is 35.3 Å². The number of hydrogen-bond acceptors (Lipinski definition) is 4. The topological polar surface area (TPSA) is 62.3 Å². The second-order valence-electron chi connectivity index (χ2n) is 6.40. The number of nitrogens with zero attached hydrogens (tertiary/aromatic N) is 2. The minimum atomic E-state index is -0.164. The van der Waals surface area contributed by atoms with Gasteiger partial charge in [0.15, 0.2) is 0 Å². The predicted octanol–water partition coefficient (Wildman–Crippen LogP) is 3.64. The highest BCUT2D eigenvalue weighted by atomic mass is 32.1. The van der Waals surface area contributed by atoms with E-state index in [1.54, 1.807) is 29.4 Å². The molecule has 3 rings (SSSR count). The van der Waals surface area contributed by atoms with E-state index < -0.39 is 0 Å². The van der Waals surface area contributed by atoms with E-state index in [0.717, 1.165) is 27.9 Å². The Labute approximate surface area is 163 Å². The van der Waals surface area contributed by atoms with Crippen molar-refractivity contribution in [2.75, 3.05) is 13.6 Å². The quantitative estimate of drug-likeness (QED) is 0.680. The van der Waals surface area contributed by atoms with Gasteiger partial charge < -0.3 is 10.2 Å². The number of fused-ring (bicyclic) bond motifs is 1. The molecule has 140 valence electrons. The molecule has 0 aliphatic carbocycles. The maximum atomic E-state index is 12.3. The van der Waals surface area contributed by atoms with Gasteiger partial charge in [0.2, 0.25) is 5.91 Å². The fourth-order valence-electron chi connectivity index (χ4n) is 2.82. The van der Waals surface area contributed by atoms with E-state index in [-0.39, 0.29) is 18.2 Å². The third kappa shape index (κ3) is 4.92. The van der Waals surface area contributed by atoms with Crippen LogP contribution in [0.4, 0.5) is 0 Å². The summed E-state index contributed by atoms with van der Waals surface area (Å²) in [5.41, 5.74) is 1.51. The molecule has 27 heavy (non-hydrogen) atoms. The first-order chi connectivity index (χ1) is 13.1. The lowest BCUT2D eigenvalue weighted by Crippen LogP contribution is -2.32. The van der Waals surface area contributed by atoms with Crippen LogP contribution >= 0.6 is 11.3 Å². The van der Waals surface area contributed by atoms with Gasteiger partial charge in [0.05, 0.1) is 17.2 Å². The highest BCUT2D eigenvalue weighted by molar-refractivity contribution is 7.09. The second kappa shape index (κ2) is 8.77. The zero-order valence-electron chi connectivity index (χ0n) is 15.6. The molecule has 0 aliphatic rings. The number of thiazole rings is 1. The van der Waals surface area contributed by atoms with Crippen LogP contribution in [0.3, 0.4) is 0 Å². The molecule has 0 radical (unpaired) electrons. The van der Waals surface area contributed by atoms with Gasteiger partial charge in [0.25, 0.3) is 5.91 Å². The molecule has 6 heteroatoms. The van der Waals surface area contributed by atoms with Crippen molar-refractivity contribution in [3.8, 4) is 0 Å². The average Bonchev–Trinajstić information content (AvgIpc) is 3.14. The van der Waals surface area contributed by atoms with Crippen LogP contribution in [0.15, 0.2) is 47.8 Å². The fourth-order valence-corrected chi connectivity index (χ4v) is 3.56. The molecule has 0 atom stereocenters. The zero-order valence-corrected chi connectivity index (χ0v) is 16.4. The van der Waals surface area contributed by atoms with Gasteiger partial charge in [-0.3, -0.25) is 9.59 Å². The number of aromatic nitrogens is 1. The van der Waals surface area contributed by atoms with E-state index in [0.29, 0.717) is 18.7 Å². The summed E-state index contributed by atoms with van der Waals surface area (Å²) in [4.78, 5) is 30.7. The van der Waals surface area contributed by atoms with Crippen molar-refractivity contribution in [2.45, 2.75) is 26.3 Å². The van der Waals surface area contributed by atoms with Crippen LogP contribution in [0, 0.1) is 0 Å². The average molecular weight is 382 g/mol. The molecule has 0 bridgehead atoms. The molecule has 2 aromatic carbocycles. The van der Waals surface area contributed by atoms with Crippen molar-refractivity contribution in [3.63, 3.8) is 0 Å². The summed E-state index contributed by atoms with van der Waals surface area (Å²) in [5, 5.41) is 8.01. The Morgan fingerprint density at radius 2 is 1.93 bits per heavy atom.